The molecule has 4 heteroatoms. The van der Waals surface area contributed by atoms with E-state index in [0.29, 0.717) is 5.82 Å². The van der Waals surface area contributed by atoms with Crippen LogP contribution in [0.5, 0.6) is 0 Å². The summed E-state index contributed by atoms with van der Waals surface area (Å²) in [6.45, 7) is 5.98. The Balaban J connectivity index is 2.60. The molecular weight excluding hydrogens is 202 g/mol. The van der Waals surface area contributed by atoms with E-state index in [0.717, 1.165) is 22.8 Å². The predicted octanol–water partition coefficient (Wildman–Crippen LogP) is 2.75. The van der Waals surface area contributed by atoms with Crippen LogP contribution in [-0.4, -0.2) is 9.97 Å². The second-order valence-electron chi connectivity index (χ2n) is 4.07. The molecule has 0 unspecified atom stereocenters. The topological polar surface area (TPSA) is 64.9 Å². The first-order valence-electron chi connectivity index (χ1n) is 5.27. The van der Waals surface area contributed by atoms with Crippen LogP contribution < -0.4 is 5.73 Å². The van der Waals surface area contributed by atoms with Crippen molar-refractivity contribution in [2.45, 2.75) is 26.7 Å². The molecule has 2 aromatic rings. The zero-order chi connectivity index (χ0) is 11.7. The van der Waals surface area contributed by atoms with Gasteiger partial charge in [0.15, 0.2) is 5.76 Å². The lowest BCUT2D eigenvalue weighted by molar-refractivity contribution is 0.578. The van der Waals surface area contributed by atoms with Crippen LogP contribution in [0.25, 0.3) is 11.5 Å². The van der Waals surface area contributed by atoms with E-state index in [4.69, 9.17) is 10.2 Å². The Morgan fingerprint density at radius 2 is 2.06 bits per heavy atom. The first-order valence-corrected chi connectivity index (χ1v) is 5.27. The van der Waals surface area contributed by atoms with Crippen LogP contribution in [0.3, 0.4) is 0 Å². The number of hydrogen-bond acceptors (Lipinski definition) is 4. The molecule has 0 atom stereocenters. The van der Waals surface area contributed by atoms with Crippen LogP contribution in [-0.2, 0) is 0 Å². The smallest absolute Gasteiger partial charge is 0.152 e. The van der Waals surface area contributed by atoms with Crippen LogP contribution >= 0.6 is 0 Å². The summed E-state index contributed by atoms with van der Waals surface area (Å²) in [5, 5.41) is 0. The van der Waals surface area contributed by atoms with Crippen LogP contribution in [0, 0.1) is 6.92 Å². The van der Waals surface area contributed by atoms with Crippen LogP contribution in [0.1, 0.15) is 31.2 Å². The van der Waals surface area contributed by atoms with Gasteiger partial charge < -0.3 is 10.2 Å². The molecule has 0 saturated carbocycles. The summed E-state index contributed by atoms with van der Waals surface area (Å²) in [6.07, 6.45) is 1.63. The molecule has 2 rings (SSSR count). The van der Waals surface area contributed by atoms with E-state index in [2.05, 4.69) is 9.97 Å². The summed E-state index contributed by atoms with van der Waals surface area (Å²) < 4.78 is 5.34. The average molecular weight is 217 g/mol. The summed E-state index contributed by atoms with van der Waals surface area (Å²) in [6, 6.07) is 3.71. The number of nitrogens with zero attached hydrogens (tertiary/aromatic N) is 2. The molecule has 0 aromatic carbocycles. The monoisotopic (exact) mass is 217 g/mol. The van der Waals surface area contributed by atoms with Crippen LogP contribution in [0.2, 0.25) is 0 Å². The highest BCUT2D eigenvalue weighted by molar-refractivity contribution is 5.62. The van der Waals surface area contributed by atoms with Crippen molar-refractivity contribution in [3.05, 3.63) is 29.8 Å². The van der Waals surface area contributed by atoms with Crippen LogP contribution in [0.4, 0.5) is 5.82 Å². The molecule has 0 aliphatic heterocycles. The van der Waals surface area contributed by atoms with Crippen LogP contribution in [0.15, 0.2) is 22.8 Å². The van der Waals surface area contributed by atoms with E-state index in [1.54, 1.807) is 6.26 Å². The standard InChI is InChI=1S/C12H15N3O/c1-7(2)12-14-10(8(3)11(13)15-12)9-5-4-6-16-9/h4-7H,1-3H3,(H2,13,14,15). The van der Waals surface area contributed by atoms with Gasteiger partial charge in [0.05, 0.1) is 6.26 Å². The van der Waals surface area contributed by atoms with Gasteiger partial charge in [-0.3, -0.25) is 0 Å². The largest absolute Gasteiger partial charge is 0.463 e. The van der Waals surface area contributed by atoms with E-state index >= 15 is 0 Å². The van der Waals surface area contributed by atoms with Gasteiger partial charge in [0.2, 0.25) is 0 Å². The van der Waals surface area contributed by atoms with Gasteiger partial charge in [-0.05, 0) is 19.1 Å². The van der Waals surface area contributed by atoms with Gasteiger partial charge in [0.1, 0.15) is 17.3 Å². The van der Waals surface area contributed by atoms with Crippen molar-refractivity contribution < 1.29 is 4.42 Å². The fraction of sp³-hybridized carbons (Fsp3) is 0.333. The number of aromatic nitrogens is 2. The zero-order valence-corrected chi connectivity index (χ0v) is 9.69. The summed E-state index contributed by atoms with van der Waals surface area (Å²) in [7, 11) is 0. The van der Waals surface area contributed by atoms with E-state index in [9.17, 15) is 0 Å². The van der Waals surface area contributed by atoms with E-state index in [1.807, 2.05) is 32.9 Å². The SMILES string of the molecule is Cc1c(N)nc(C(C)C)nc1-c1ccco1. The third kappa shape index (κ3) is 1.78. The summed E-state index contributed by atoms with van der Waals surface area (Å²) >= 11 is 0. The molecule has 2 N–H and O–H groups in total. The third-order valence-electron chi connectivity index (χ3n) is 2.47. The maximum atomic E-state index is 5.87. The Morgan fingerprint density at radius 3 is 2.62 bits per heavy atom. The van der Waals surface area contributed by atoms with Crippen molar-refractivity contribution in [1.82, 2.24) is 9.97 Å². The van der Waals surface area contributed by atoms with Gasteiger partial charge in [-0.2, -0.15) is 0 Å². The first kappa shape index (κ1) is 10.7. The second kappa shape index (κ2) is 3.96. The van der Waals surface area contributed by atoms with Crippen molar-refractivity contribution in [3.63, 3.8) is 0 Å². The molecule has 0 saturated heterocycles. The van der Waals surface area contributed by atoms with E-state index in [1.165, 1.54) is 0 Å². The minimum Gasteiger partial charge on any atom is -0.463 e. The zero-order valence-electron chi connectivity index (χ0n) is 9.69. The normalized spacial score (nSPS) is 11.0. The molecule has 0 bridgehead atoms. The highest BCUT2D eigenvalue weighted by atomic mass is 16.3. The third-order valence-corrected chi connectivity index (χ3v) is 2.47. The molecular formula is C12H15N3O. The molecule has 2 aromatic heterocycles. The molecule has 84 valence electrons. The summed E-state index contributed by atoms with van der Waals surface area (Å²) in [4.78, 5) is 8.76. The Hall–Kier alpha value is -1.84. The number of anilines is 1. The fourth-order valence-electron chi connectivity index (χ4n) is 1.46. The second-order valence-corrected chi connectivity index (χ2v) is 4.07. The maximum absolute atomic E-state index is 5.87. The Kier molecular flexibility index (Phi) is 2.64. The van der Waals surface area contributed by atoms with Gasteiger partial charge in [0, 0.05) is 11.5 Å². The maximum Gasteiger partial charge on any atom is 0.152 e. The van der Waals surface area contributed by atoms with Crippen molar-refractivity contribution in [3.8, 4) is 11.5 Å². The molecule has 2 heterocycles. The summed E-state index contributed by atoms with van der Waals surface area (Å²) in [5.41, 5.74) is 7.51. The molecule has 4 nitrogen and oxygen atoms in total. The quantitative estimate of drug-likeness (QED) is 0.840. The van der Waals surface area contributed by atoms with Crippen molar-refractivity contribution in [1.29, 1.82) is 0 Å². The van der Waals surface area contributed by atoms with Gasteiger partial charge >= 0.3 is 0 Å². The van der Waals surface area contributed by atoms with E-state index < -0.39 is 0 Å². The number of hydrogen-bond donors (Lipinski definition) is 1. The van der Waals surface area contributed by atoms with Crippen molar-refractivity contribution in [2.24, 2.45) is 0 Å². The average Bonchev–Trinajstić information content (AvgIpc) is 2.74. The lowest BCUT2D eigenvalue weighted by Crippen LogP contribution is -2.05. The van der Waals surface area contributed by atoms with Crippen molar-refractivity contribution >= 4 is 5.82 Å². The number of furan rings is 1. The molecule has 0 aliphatic rings. The molecule has 0 fully saturated rings. The number of rotatable bonds is 2. The Morgan fingerprint density at radius 1 is 1.31 bits per heavy atom. The minimum absolute atomic E-state index is 0.247. The minimum atomic E-state index is 0.247. The van der Waals surface area contributed by atoms with Gasteiger partial charge in [-0.15, -0.1) is 0 Å². The Bertz CT molecular complexity index is 489. The Labute approximate surface area is 94.5 Å². The lowest BCUT2D eigenvalue weighted by Gasteiger charge is -2.10. The lowest BCUT2D eigenvalue weighted by atomic mass is 10.1. The predicted molar refractivity (Wildman–Crippen MR) is 63.0 cm³/mol. The highest BCUT2D eigenvalue weighted by Crippen LogP contribution is 2.26. The van der Waals surface area contributed by atoms with Crippen molar-refractivity contribution in [2.75, 3.05) is 5.73 Å². The fourth-order valence-corrected chi connectivity index (χ4v) is 1.46. The van der Waals surface area contributed by atoms with Gasteiger partial charge in [-0.25, -0.2) is 9.97 Å². The van der Waals surface area contributed by atoms with E-state index in [-0.39, 0.29) is 5.92 Å². The van der Waals surface area contributed by atoms with Gasteiger partial charge in [-0.1, -0.05) is 13.8 Å². The number of nitrogen functional groups attached to an aromatic ring is 1. The number of nitrogens with two attached hydrogens (primary N) is 1. The first-order chi connectivity index (χ1) is 7.59. The molecule has 0 radical (unpaired) electrons. The molecule has 0 spiro atoms. The highest BCUT2D eigenvalue weighted by Gasteiger charge is 2.14. The molecule has 16 heavy (non-hydrogen) atoms. The molecule has 0 aliphatic carbocycles. The molecule has 0 amide bonds. The summed E-state index contributed by atoms with van der Waals surface area (Å²) in [5.74, 6) is 2.24. The van der Waals surface area contributed by atoms with Gasteiger partial charge in [0.25, 0.3) is 0 Å².